The van der Waals surface area contributed by atoms with E-state index in [9.17, 15) is 18.0 Å². The fraction of sp³-hybridized carbons (Fsp3) is 0.577. The van der Waals surface area contributed by atoms with E-state index in [2.05, 4.69) is 40.3 Å². The smallest absolute Gasteiger partial charge is 0.416 e. The highest BCUT2D eigenvalue weighted by Gasteiger charge is 2.38. The van der Waals surface area contributed by atoms with Crippen LogP contribution < -0.4 is 4.74 Å². The zero-order valence-electron chi connectivity index (χ0n) is 20.2. The van der Waals surface area contributed by atoms with Crippen molar-refractivity contribution in [2.45, 2.75) is 70.9 Å². The molecular weight excluding hydrogens is 445 g/mol. The minimum Gasteiger partial charge on any atom is -0.491 e. The molecule has 184 valence electrons. The summed E-state index contributed by atoms with van der Waals surface area (Å²) >= 11 is 0. The monoisotopic (exact) mass is 482 g/mol. The number of alkyl halides is 3. The number of allylic oxidation sites excluding steroid dienone is 2. The molecule has 1 aromatic carbocycles. The Hall–Kier alpha value is -1.86. The van der Waals surface area contributed by atoms with Gasteiger partial charge in [-0.25, -0.2) is 0 Å². The highest BCUT2D eigenvalue weighted by atomic mass is 28.4. The first-order chi connectivity index (χ1) is 15.6. The summed E-state index contributed by atoms with van der Waals surface area (Å²) in [6.45, 7) is 12.4. The Morgan fingerprint density at radius 3 is 2.45 bits per heavy atom. The quantitative estimate of drug-likeness (QED) is 0.229. The van der Waals surface area contributed by atoms with Gasteiger partial charge in [0.05, 0.1) is 11.7 Å². The van der Waals surface area contributed by atoms with Crippen molar-refractivity contribution in [2.75, 3.05) is 6.61 Å². The van der Waals surface area contributed by atoms with Gasteiger partial charge in [0.25, 0.3) is 0 Å². The van der Waals surface area contributed by atoms with Gasteiger partial charge in [-0.05, 0) is 54.6 Å². The Morgan fingerprint density at radius 2 is 1.88 bits per heavy atom. The van der Waals surface area contributed by atoms with Crippen molar-refractivity contribution in [1.82, 2.24) is 0 Å². The third kappa shape index (κ3) is 7.31. The number of Topliss-reactive ketones (excluding diaryl/α,β-unsaturated/α-hetero) is 1. The van der Waals surface area contributed by atoms with Crippen molar-refractivity contribution < 1.29 is 27.1 Å². The van der Waals surface area contributed by atoms with Crippen LogP contribution in [-0.4, -0.2) is 26.8 Å². The summed E-state index contributed by atoms with van der Waals surface area (Å²) in [4.78, 5) is 12.4. The third-order valence-electron chi connectivity index (χ3n) is 6.94. The van der Waals surface area contributed by atoms with Gasteiger partial charge in [0.1, 0.15) is 18.1 Å². The van der Waals surface area contributed by atoms with Crippen molar-refractivity contribution in [1.29, 1.82) is 0 Å². The van der Waals surface area contributed by atoms with E-state index in [1.165, 1.54) is 12.1 Å². The molecule has 7 heteroatoms. The normalized spacial score (nSPS) is 22.6. The third-order valence-corrected chi connectivity index (χ3v) is 11.6. The summed E-state index contributed by atoms with van der Waals surface area (Å²) in [6, 6.07) is 7.77. The fourth-order valence-corrected chi connectivity index (χ4v) is 7.44. The Labute approximate surface area is 197 Å². The van der Waals surface area contributed by atoms with E-state index in [0.29, 0.717) is 12.8 Å². The molecule has 1 aromatic rings. The second-order valence-electron chi connectivity index (χ2n) is 8.98. The number of carbonyl (C=O) groups excluding carboxylic acids is 1. The predicted octanol–water partition coefficient (Wildman–Crippen LogP) is 7.45. The maximum absolute atomic E-state index is 13.1. The van der Waals surface area contributed by atoms with Crippen molar-refractivity contribution in [3.63, 3.8) is 0 Å². The molecule has 1 aliphatic rings. The van der Waals surface area contributed by atoms with Crippen molar-refractivity contribution in [2.24, 2.45) is 17.8 Å². The van der Waals surface area contributed by atoms with Gasteiger partial charge in [0, 0.05) is 12.3 Å². The lowest BCUT2D eigenvalue weighted by Gasteiger charge is -2.32. The highest BCUT2D eigenvalue weighted by Crippen LogP contribution is 2.38. The molecule has 0 spiro atoms. The lowest BCUT2D eigenvalue weighted by Crippen LogP contribution is -2.41. The molecule has 0 heterocycles. The van der Waals surface area contributed by atoms with E-state index in [0.717, 1.165) is 30.3 Å². The molecule has 1 saturated carbocycles. The number of benzene rings is 1. The lowest BCUT2D eigenvalue weighted by atomic mass is 9.87. The molecule has 0 amide bonds. The maximum atomic E-state index is 13.1. The Kier molecular flexibility index (Phi) is 9.97. The van der Waals surface area contributed by atoms with Gasteiger partial charge in [0.2, 0.25) is 0 Å². The van der Waals surface area contributed by atoms with Gasteiger partial charge >= 0.3 is 6.18 Å². The summed E-state index contributed by atoms with van der Waals surface area (Å²) in [5.41, 5.74) is -0.738. The van der Waals surface area contributed by atoms with Crippen molar-refractivity contribution in [3.05, 3.63) is 54.6 Å². The number of halogens is 3. The van der Waals surface area contributed by atoms with Gasteiger partial charge in [-0.1, -0.05) is 52.0 Å². The van der Waals surface area contributed by atoms with Crippen LogP contribution in [0.15, 0.2) is 49.1 Å². The van der Waals surface area contributed by atoms with Gasteiger partial charge in [-0.2, -0.15) is 13.2 Å². The summed E-state index contributed by atoms with van der Waals surface area (Å²) < 4.78 is 51.6. The number of ketones is 1. The Morgan fingerprint density at radius 1 is 1.21 bits per heavy atom. The number of hydrogen-bond donors (Lipinski definition) is 0. The largest absolute Gasteiger partial charge is 0.491 e. The second-order valence-corrected chi connectivity index (χ2v) is 13.7. The minimum atomic E-state index is -4.42. The first-order valence-electron chi connectivity index (χ1n) is 11.9. The molecule has 4 atom stereocenters. The van der Waals surface area contributed by atoms with Gasteiger partial charge in [-0.3, -0.25) is 4.79 Å². The Balaban J connectivity index is 2.24. The lowest BCUT2D eigenvalue weighted by molar-refractivity contribution is -0.137. The van der Waals surface area contributed by atoms with Gasteiger partial charge in [-0.15, -0.1) is 6.58 Å². The molecule has 0 N–H and O–H groups in total. The summed E-state index contributed by atoms with van der Waals surface area (Å²) in [5.74, 6) is 0.668. The van der Waals surface area contributed by atoms with Crippen LogP contribution in [0.5, 0.6) is 5.75 Å². The molecule has 33 heavy (non-hydrogen) atoms. The van der Waals surface area contributed by atoms with Gasteiger partial charge < -0.3 is 9.16 Å². The fourth-order valence-electron chi connectivity index (χ4n) is 4.65. The summed E-state index contributed by atoms with van der Waals surface area (Å²) in [7, 11) is -1.99. The van der Waals surface area contributed by atoms with E-state index < -0.39 is 26.2 Å². The number of carbonyl (C=O) groups is 1. The molecule has 1 unspecified atom stereocenters. The van der Waals surface area contributed by atoms with Crippen LogP contribution in [-0.2, 0) is 15.4 Å². The summed E-state index contributed by atoms with van der Waals surface area (Å²) in [6.07, 6.45) is 2.19. The molecule has 0 aromatic heterocycles. The molecule has 1 fully saturated rings. The number of rotatable bonds is 12. The molecule has 0 aliphatic heterocycles. The van der Waals surface area contributed by atoms with E-state index in [1.54, 1.807) is 6.08 Å². The molecule has 0 radical (unpaired) electrons. The van der Waals surface area contributed by atoms with E-state index in [1.807, 2.05) is 6.08 Å². The van der Waals surface area contributed by atoms with E-state index in [4.69, 9.17) is 9.16 Å². The maximum Gasteiger partial charge on any atom is 0.416 e. The molecule has 1 aliphatic carbocycles. The van der Waals surface area contributed by atoms with Gasteiger partial charge in [0.15, 0.2) is 8.32 Å². The zero-order chi connectivity index (χ0) is 24.6. The highest BCUT2D eigenvalue weighted by molar-refractivity contribution is 6.73. The Bertz CT molecular complexity index is 809. The topological polar surface area (TPSA) is 35.5 Å². The molecule has 2 rings (SSSR count). The first kappa shape index (κ1) is 27.4. The molecular formula is C26H37F3O3Si. The average Bonchev–Trinajstić information content (AvgIpc) is 3.06. The SMILES string of the molecule is C=CC[C@H]1C(=O)C[C@@H](C)[C@@H]1/C=C/C(COc1cccc(C(F)(F)F)c1)O[Si](CC)(CC)CC. The molecule has 0 bridgehead atoms. The number of ether oxygens (including phenoxy) is 1. The summed E-state index contributed by atoms with van der Waals surface area (Å²) in [5, 5.41) is 0. The van der Waals surface area contributed by atoms with Crippen LogP contribution in [0, 0.1) is 17.8 Å². The van der Waals surface area contributed by atoms with Crippen LogP contribution >= 0.6 is 0 Å². The predicted molar refractivity (Wildman–Crippen MR) is 129 cm³/mol. The van der Waals surface area contributed by atoms with Crippen LogP contribution in [0.25, 0.3) is 0 Å². The molecule has 0 saturated heterocycles. The average molecular weight is 483 g/mol. The van der Waals surface area contributed by atoms with Crippen LogP contribution in [0.2, 0.25) is 18.1 Å². The van der Waals surface area contributed by atoms with E-state index in [-0.39, 0.29) is 35.9 Å². The van der Waals surface area contributed by atoms with Crippen molar-refractivity contribution >= 4 is 14.1 Å². The van der Waals surface area contributed by atoms with Crippen molar-refractivity contribution in [3.8, 4) is 5.75 Å². The molecule has 3 nitrogen and oxygen atoms in total. The second kappa shape index (κ2) is 12.0. The van der Waals surface area contributed by atoms with Crippen LogP contribution in [0.1, 0.15) is 46.1 Å². The zero-order valence-corrected chi connectivity index (χ0v) is 21.2. The van der Waals surface area contributed by atoms with E-state index >= 15 is 0 Å². The minimum absolute atomic E-state index is 0.0793. The number of hydrogen-bond acceptors (Lipinski definition) is 3. The van der Waals surface area contributed by atoms with Crippen LogP contribution in [0.4, 0.5) is 13.2 Å². The van der Waals surface area contributed by atoms with Crippen LogP contribution in [0.3, 0.4) is 0 Å². The standard InChI is InChI=1S/C26H37F3O3Si/c1-6-11-24-23(19(5)16-25(24)30)15-14-22(32-33(7-2,8-3)9-4)18-31-21-13-10-12-20(17-21)26(27,28)29/h6,10,12-15,17,19,22-24H,1,7-9,11,16,18H2,2-5H3/b15-14+/t19-,22?,23+,24-/m1/s1. The first-order valence-corrected chi connectivity index (χ1v) is 14.4.